The number of carbonyl (C=O) groups excluding carboxylic acids is 2. The lowest BCUT2D eigenvalue weighted by Crippen LogP contribution is -2.51. The molecule has 0 aromatic heterocycles. The van der Waals surface area contributed by atoms with E-state index in [1.54, 1.807) is 0 Å². The molecule has 0 aromatic rings. The van der Waals surface area contributed by atoms with Gasteiger partial charge in [-0.25, -0.2) is 0 Å². The van der Waals surface area contributed by atoms with E-state index in [0.717, 1.165) is 10.6 Å². The van der Waals surface area contributed by atoms with Gasteiger partial charge in [-0.05, 0) is 0 Å². The van der Waals surface area contributed by atoms with Crippen LogP contribution in [0.1, 0.15) is 0 Å². The molecule has 0 saturated heterocycles. The molecular weight excluding hydrogens is 302 g/mol. The number of alkyl halides is 6. The van der Waals surface area contributed by atoms with Crippen LogP contribution in [0.15, 0.2) is 0 Å². The summed E-state index contributed by atoms with van der Waals surface area (Å²) < 4.78 is 70.4. The molecule has 20 heavy (non-hydrogen) atoms. The first-order valence-corrected chi connectivity index (χ1v) is 4.88. The Morgan fingerprint density at radius 1 is 0.800 bits per heavy atom. The van der Waals surface area contributed by atoms with Crippen LogP contribution < -0.4 is 10.6 Å². The maximum Gasteiger partial charge on any atom is 0.405 e. The molecule has 0 spiro atoms. The number of halogens is 6. The third-order valence-corrected chi connectivity index (χ3v) is 1.76. The molecule has 6 nitrogen and oxygen atoms in total. The normalized spacial score (nSPS) is 15.4. The predicted octanol–water partition coefficient (Wildman–Crippen LogP) is -0.935. The molecule has 118 valence electrons. The summed E-state index contributed by atoms with van der Waals surface area (Å²) in [5.74, 6) is -3.51. The van der Waals surface area contributed by atoms with E-state index < -0.39 is 49.5 Å². The fourth-order valence-electron chi connectivity index (χ4n) is 0.871. The van der Waals surface area contributed by atoms with Crippen molar-refractivity contribution in [1.29, 1.82) is 0 Å². The highest BCUT2D eigenvalue weighted by Crippen LogP contribution is 2.13. The third kappa shape index (κ3) is 7.78. The third-order valence-electron chi connectivity index (χ3n) is 1.76. The molecule has 0 aliphatic rings. The number of hydrogen-bond acceptors (Lipinski definition) is 4. The quantitative estimate of drug-likeness (QED) is 0.493. The lowest BCUT2D eigenvalue weighted by atomic mass is 10.1. The second-order valence-corrected chi connectivity index (χ2v) is 3.56. The first-order chi connectivity index (χ1) is 8.83. The Morgan fingerprint density at radius 3 is 1.25 bits per heavy atom. The highest BCUT2D eigenvalue weighted by Gasteiger charge is 2.35. The number of aliphatic hydroxyl groups excluding tert-OH is 2. The average molecular weight is 312 g/mol. The van der Waals surface area contributed by atoms with Crippen molar-refractivity contribution in [3.8, 4) is 0 Å². The lowest BCUT2D eigenvalue weighted by molar-refractivity contribution is -0.155. The summed E-state index contributed by atoms with van der Waals surface area (Å²) in [6.45, 7) is -3.67. The molecule has 0 saturated carbocycles. The van der Waals surface area contributed by atoms with Crippen LogP contribution >= 0.6 is 0 Å². The van der Waals surface area contributed by atoms with E-state index in [1.807, 2.05) is 0 Å². The van der Waals surface area contributed by atoms with Crippen molar-refractivity contribution in [2.45, 2.75) is 24.6 Å². The standard InChI is InChI=1S/C8H10F6N2O4/c9-7(10,11)1-15-5(19)3(17)4(18)6(20)16-2-8(12,13)14/h3-4,17-18H,1-2H2,(H,15,19)(H,16,20). The molecule has 2 unspecified atom stereocenters. The van der Waals surface area contributed by atoms with Gasteiger partial charge in [0.1, 0.15) is 13.1 Å². The van der Waals surface area contributed by atoms with Crippen molar-refractivity contribution in [2.75, 3.05) is 13.1 Å². The van der Waals surface area contributed by atoms with E-state index in [1.165, 1.54) is 0 Å². The van der Waals surface area contributed by atoms with Gasteiger partial charge in [-0.1, -0.05) is 0 Å². The molecule has 12 heteroatoms. The number of rotatable bonds is 5. The molecule has 2 atom stereocenters. The van der Waals surface area contributed by atoms with Crippen molar-refractivity contribution >= 4 is 11.8 Å². The van der Waals surface area contributed by atoms with E-state index in [0.29, 0.717) is 0 Å². The van der Waals surface area contributed by atoms with Gasteiger partial charge in [0.15, 0.2) is 12.2 Å². The zero-order valence-corrected chi connectivity index (χ0v) is 9.55. The molecule has 0 aliphatic carbocycles. The molecule has 2 amide bonds. The predicted molar refractivity (Wildman–Crippen MR) is 50.1 cm³/mol. The Morgan fingerprint density at radius 2 is 1.05 bits per heavy atom. The molecule has 0 radical (unpaired) electrons. The number of nitrogens with one attached hydrogen (secondary N) is 2. The van der Waals surface area contributed by atoms with Crippen molar-refractivity contribution < 1.29 is 46.1 Å². The van der Waals surface area contributed by atoms with Crippen LogP contribution in [0, 0.1) is 0 Å². The van der Waals surface area contributed by atoms with E-state index in [4.69, 9.17) is 10.2 Å². The van der Waals surface area contributed by atoms with E-state index >= 15 is 0 Å². The van der Waals surface area contributed by atoms with Crippen LogP contribution in [0.25, 0.3) is 0 Å². The topological polar surface area (TPSA) is 98.7 Å². The maximum absolute atomic E-state index is 11.7. The van der Waals surface area contributed by atoms with Gasteiger partial charge in [0.25, 0.3) is 11.8 Å². The van der Waals surface area contributed by atoms with Gasteiger partial charge in [0.05, 0.1) is 0 Å². The van der Waals surface area contributed by atoms with Crippen molar-refractivity contribution in [3.05, 3.63) is 0 Å². The van der Waals surface area contributed by atoms with Crippen LogP contribution in [0.5, 0.6) is 0 Å². The Labute approximate surface area is 107 Å². The summed E-state index contributed by atoms with van der Waals surface area (Å²) in [4.78, 5) is 21.8. The smallest absolute Gasteiger partial charge is 0.380 e. The second kappa shape index (κ2) is 6.74. The van der Waals surface area contributed by atoms with Gasteiger partial charge in [-0.2, -0.15) is 26.3 Å². The minimum absolute atomic E-state index is 1.15. The van der Waals surface area contributed by atoms with E-state index in [9.17, 15) is 35.9 Å². The van der Waals surface area contributed by atoms with Gasteiger partial charge in [0, 0.05) is 0 Å². The fourth-order valence-corrected chi connectivity index (χ4v) is 0.871. The second-order valence-electron chi connectivity index (χ2n) is 3.56. The molecule has 0 bridgehead atoms. The fraction of sp³-hybridized carbons (Fsp3) is 0.750. The Balaban J connectivity index is 4.35. The van der Waals surface area contributed by atoms with Gasteiger partial charge >= 0.3 is 12.4 Å². The molecule has 4 N–H and O–H groups in total. The van der Waals surface area contributed by atoms with Crippen LogP contribution in [0.4, 0.5) is 26.3 Å². The van der Waals surface area contributed by atoms with Gasteiger partial charge in [0.2, 0.25) is 0 Å². The number of hydrogen-bond donors (Lipinski definition) is 4. The summed E-state index contributed by atoms with van der Waals surface area (Å²) in [6, 6.07) is 0. The summed E-state index contributed by atoms with van der Waals surface area (Å²) in [6.07, 6.45) is -14.9. The monoisotopic (exact) mass is 312 g/mol. The molecule has 0 aliphatic heterocycles. The minimum Gasteiger partial charge on any atom is -0.380 e. The minimum atomic E-state index is -4.79. The van der Waals surface area contributed by atoms with E-state index in [2.05, 4.69) is 0 Å². The first kappa shape index (κ1) is 18.4. The molecule has 0 heterocycles. The number of carbonyl (C=O) groups is 2. The molecular formula is C8H10F6N2O4. The summed E-state index contributed by atoms with van der Waals surface area (Å²) in [5, 5.41) is 20.3. The molecule has 0 aromatic carbocycles. The molecule has 0 fully saturated rings. The van der Waals surface area contributed by atoms with Gasteiger partial charge < -0.3 is 20.8 Å². The van der Waals surface area contributed by atoms with Crippen LogP contribution in [0.2, 0.25) is 0 Å². The SMILES string of the molecule is O=C(NCC(F)(F)F)C(O)C(O)C(=O)NCC(F)(F)F. The van der Waals surface area contributed by atoms with Crippen LogP contribution in [-0.4, -0.2) is 59.7 Å². The molecule has 0 rings (SSSR count). The summed E-state index contributed by atoms with van der Waals surface area (Å²) in [7, 11) is 0. The Hall–Kier alpha value is -1.56. The van der Waals surface area contributed by atoms with Crippen molar-refractivity contribution in [1.82, 2.24) is 10.6 Å². The maximum atomic E-state index is 11.7. The Bertz CT molecular complexity index is 322. The summed E-state index contributed by atoms with van der Waals surface area (Å²) in [5.41, 5.74) is 0. The number of amides is 2. The van der Waals surface area contributed by atoms with Crippen molar-refractivity contribution in [2.24, 2.45) is 0 Å². The van der Waals surface area contributed by atoms with Gasteiger partial charge in [-0.3, -0.25) is 9.59 Å². The largest absolute Gasteiger partial charge is 0.405 e. The highest BCUT2D eigenvalue weighted by molar-refractivity contribution is 5.90. The number of aliphatic hydroxyl groups is 2. The highest BCUT2D eigenvalue weighted by atomic mass is 19.4. The van der Waals surface area contributed by atoms with E-state index in [-0.39, 0.29) is 0 Å². The average Bonchev–Trinajstić information content (AvgIpc) is 2.29. The zero-order valence-electron chi connectivity index (χ0n) is 9.55. The van der Waals surface area contributed by atoms with Crippen molar-refractivity contribution in [3.63, 3.8) is 0 Å². The Kier molecular flexibility index (Phi) is 6.22. The first-order valence-electron chi connectivity index (χ1n) is 4.88. The van der Waals surface area contributed by atoms with Crippen LogP contribution in [-0.2, 0) is 9.59 Å². The lowest BCUT2D eigenvalue weighted by Gasteiger charge is -2.18. The van der Waals surface area contributed by atoms with Crippen LogP contribution in [0.3, 0.4) is 0 Å². The summed E-state index contributed by atoms with van der Waals surface area (Å²) >= 11 is 0. The zero-order chi connectivity index (χ0) is 16.1. The van der Waals surface area contributed by atoms with Gasteiger partial charge in [-0.15, -0.1) is 0 Å².